The van der Waals surface area contributed by atoms with Crippen LogP contribution in [0.25, 0.3) is 34.4 Å². The van der Waals surface area contributed by atoms with E-state index in [0.29, 0.717) is 7.35 Å². The number of fused-ring (bicyclic) bond motifs is 2. The normalized spacial score (nSPS) is 18.5. The third-order valence-electron chi connectivity index (χ3n) is 10.2. The number of hydrogen-bond acceptors (Lipinski definition) is 2. The molecule has 234 valence electrons. The van der Waals surface area contributed by atoms with Crippen molar-refractivity contribution in [2.24, 2.45) is 0 Å². The predicted octanol–water partition coefficient (Wildman–Crippen LogP) is 12.1. The van der Waals surface area contributed by atoms with Gasteiger partial charge in [0, 0.05) is 0 Å². The zero-order valence-corrected chi connectivity index (χ0v) is 32.0. The summed E-state index contributed by atoms with van der Waals surface area (Å²) in [6.45, 7) is 4.71. The van der Waals surface area contributed by atoms with Gasteiger partial charge >= 0.3 is 263 Å². The van der Waals surface area contributed by atoms with E-state index in [-0.39, 0.29) is 24.8 Å². The second-order valence-corrected chi connectivity index (χ2v) is 29.2. The maximum absolute atomic E-state index is 5.47. The molecule has 2 aliphatic carbocycles. The molecule has 0 spiro atoms. The molecule has 45 heavy (non-hydrogen) atoms. The first kappa shape index (κ1) is 33.8. The van der Waals surface area contributed by atoms with E-state index in [1.807, 2.05) is 0 Å². The summed E-state index contributed by atoms with van der Waals surface area (Å²) in [5, 5.41) is 0. The van der Waals surface area contributed by atoms with E-state index in [1.54, 1.807) is 36.5 Å². The molecule has 3 aliphatic rings. The van der Waals surface area contributed by atoms with E-state index in [2.05, 4.69) is 111 Å². The molecular weight excluding hydrogens is 762 g/mol. The predicted molar refractivity (Wildman–Crippen MR) is 192 cm³/mol. The first-order valence-corrected chi connectivity index (χ1v) is 25.3. The minimum Gasteiger partial charge on any atom is -0.147 e. The Labute approximate surface area is 286 Å². The number of hydrogen-bond donors (Lipinski definition) is 0. The van der Waals surface area contributed by atoms with Gasteiger partial charge in [-0.25, -0.2) is 0 Å². The number of ether oxygens (including phenoxy) is 2. The summed E-state index contributed by atoms with van der Waals surface area (Å²) in [7, 11) is 3.48. The van der Waals surface area contributed by atoms with Gasteiger partial charge in [-0.2, -0.15) is 0 Å². The van der Waals surface area contributed by atoms with E-state index in [1.165, 1.54) is 67.4 Å². The van der Waals surface area contributed by atoms with E-state index >= 15 is 0 Å². The molecule has 0 radical (unpaired) electrons. The van der Waals surface area contributed by atoms with Gasteiger partial charge in [-0.1, -0.05) is 0 Å². The molecule has 4 aromatic carbocycles. The van der Waals surface area contributed by atoms with Crippen molar-refractivity contribution in [1.29, 1.82) is 0 Å². The molecule has 0 saturated carbocycles. The van der Waals surface area contributed by atoms with Crippen LogP contribution in [0.5, 0.6) is 11.5 Å². The van der Waals surface area contributed by atoms with E-state index in [0.717, 1.165) is 11.5 Å². The maximum atomic E-state index is 5.47. The Morgan fingerprint density at radius 2 is 0.978 bits per heavy atom. The van der Waals surface area contributed by atoms with Crippen molar-refractivity contribution in [2.45, 2.75) is 55.2 Å². The first-order chi connectivity index (χ1) is 21.1. The Morgan fingerprint density at radius 3 is 1.31 bits per heavy atom. The molecule has 0 aromatic heterocycles. The fourth-order valence-corrected chi connectivity index (χ4v) is 36.3. The van der Waals surface area contributed by atoms with Crippen LogP contribution >= 0.6 is 24.8 Å². The van der Waals surface area contributed by atoms with Gasteiger partial charge in [0.15, 0.2) is 0 Å². The van der Waals surface area contributed by atoms with Crippen molar-refractivity contribution in [2.75, 3.05) is 14.2 Å². The Kier molecular flexibility index (Phi) is 10.5. The SMILES string of the molecule is CCCC1=Cc2c(-c3ccc(OC)cc3)cccc2[CH]1[Hf]1([CH]2C(CCC)=Cc3c(-c4ccc(OC)cc4)cccc32)[CH2][CH2]1.Cl.Cl. The van der Waals surface area contributed by atoms with Crippen molar-refractivity contribution in [1.82, 2.24) is 0 Å². The van der Waals surface area contributed by atoms with Crippen LogP contribution in [0.15, 0.2) is 96.1 Å². The average Bonchev–Trinajstić information content (AvgIpc) is 3.60. The van der Waals surface area contributed by atoms with Crippen LogP contribution in [0, 0.1) is 0 Å². The third-order valence-corrected chi connectivity index (χ3v) is 29.3. The molecule has 1 aliphatic heterocycles. The molecule has 0 amide bonds. The zero-order valence-electron chi connectivity index (χ0n) is 26.8. The average molecular weight is 806 g/mol. The summed E-state index contributed by atoms with van der Waals surface area (Å²) in [6.07, 6.45) is 10.1. The first-order valence-electron chi connectivity index (χ1n) is 16.1. The van der Waals surface area contributed by atoms with Gasteiger partial charge in [0.2, 0.25) is 0 Å². The van der Waals surface area contributed by atoms with Crippen molar-refractivity contribution in [3.8, 4) is 33.8 Å². The molecule has 2 unspecified atom stereocenters. The van der Waals surface area contributed by atoms with Crippen LogP contribution in [0.2, 0.25) is 8.35 Å². The molecule has 5 heteroatoms. The monoisotopic (exact) mass is 806 g/mol. The quantitative estimate of drug-likeness (QED) is 0.149. The maximum Gasteiger partial charge on any atom is -0.147 e. The smallest absolute Gasteiger partial charge is 0.147 e. The Balaban J connectivity index is 0.00000200. The van der Waals surface area contributed by atoms with Gasteiger partial charge in [-0.05, 0) is 0 Å². The summed E-state index contributed by atoms with van der Waals surface area (Å²) < 4.78 is 15.3. The molecule has 1 fully saturated rings. The number of benzene rings is 4. The van der Waals surface area contributed by atoms with E-state index in [9.17, 15) is 0 Å². The largest absolute Gasteiger partial charge is 0.147 e. The molecule has 4 aromatic rings. The molecule has 1 saturated heterocycles. The van der Waals surface area contributed by atoms with Gasteiger partial charge in [0.25, 0.3) is 0 Å². The second-order valence-electron chi connectivity index (χ2n) is 12.6. The van der Waals surface area contributed by atoms with Crippen molar-refractivity contribution >= 4 is 37.0 Å². The Hall–Kier alpha value is -2.59. The van der Waals surface area contributed by atoms with Crippen molar-refractivity contribution in [3.63, 3.8) is 0 Å². The van der Waals surface area contributed by atoms with Gasteiger partial charge < -0.3 is 0 Å². The third kappa shape index (κ3) is 5.90. The summed E-state index contributed by atoms with van der Waals surface area (Å²) in [5.41, 5.74) is 15.0. The molecule has 0 N–H and O–H groups in total. The summed E-state index contributed by atoms with van der Waals surface area (Å²) >= 11 is -2.93. The fourth-order valence-electron chi connectivity index (χ4n) is 8.23. The molecule has 2 nitrogen and oxygen atoms in total. The summed E-state index contributed by atoms with van der Waals surface area (Å²) in [6, 6.07) is 31.6. The van der Waals surface area contributed by atoms with Gasteiger partial charge in [0.1, 0.15) is 0 Å². The number of methoxy groups -OCH3 is 2. The fraction of sp³-hybridized carbons (Fsp3) is 0.300. The van der Waals surface area contributed by atoms with Crippen molar-refractivity contribution < 1.29 is 29.4 Å². The van der Waals surface area contributed by atoms with Crippen LogP contribution < -0.4 is 9.47 Å². The topological polar surface area (TPSA) is 18.5 Å². The molecule has 1 heterocycles. The van der Waals surface area contributed by atoms with Gasteiger partial charge in [-0.3, -0.25) is 0 Å². The van der Waals surface area contributed by atoms with Gasteiger partial charge in [-0.15, -0.1) is 24.8 Å². The summed E-state index contributed by atoms with van der Waals surface area (Å²) in [5.74, 6) is 1.82. The standard InChI is InChI=1S/2C19H19O.C2H4.2ClH.Hf/c2*1-3-5-14-12-16-6-4-7-18(19(16)13-14)15-8-10-17(20-2)11-9-15;1-2;;;/h2*4,6-13H,3,5H2,1-2H3;1-2H2;2*1H;. The van der Waals surface area contributed by atoms with E-state index < -0.39 is 20.0 Å². The van der Waals surface area contributed by atoms with Crippen LogP contribution in [-0.4, -0.2) is 14.2 Å². The molecule has 0 bridgehead atoms. The van der Waals surface area contributed by atoms with E-state index in [4.69, 9.17) is 9.47 Å². The zero-order chi connectivity index (χ0) is 29.6. The van der Waals surface area contributed by atoms with Crippen molar-refractivity contribution in [3.05, 3.63) is 118 Å². The number of allylic oxidation sites excluding steroid dienone is 2. The minimum atomic E-state index is -2.93. The Morgan fingerprint density at radius 1 is 0.578 bits per heavy atom. The number of rotatable bonds is 10. The van der Waals surface area contributed by atoms with Crippen LogP contribution in [-0.2, 0) is 20.0 Å². The van der Waals surface area contributed by atoms with Crippen LogP contribution in [0.3, 0.4) is 0 Å². The second kappa shape index (κ2) is 14.0. The van der Waals surface area contributed by atoms with Gasteiger partial charge in [0.05, 0.1) is 0 Å². The minimum absolute atomic E-state index is 0. The van der Waals surface area contributed by atoms with Crippen LogP contribution in [0.4, 0.5) is 0 Å². The summed E-state index contributed by atoms with van der Waals surface area (Å²) in [4.78, 5) is 0. The molecule has 2 atom stereocenters. The number of halogens is 2. The van der Waals surface area contributed by atoms with Crippen LogP contribution in [0.1, 0.15) is 69.1 Å². The molecule has 7 rings (SSSR count). The molecular formula is C40H44Cl2HfO2. The Bertz CT molecular complexity index is 1590.